The normalized spacial score (nSPS) is 21.8. The molecular formula is C7H10O4S. The molecular weight excluding hydrogens is 180 g/mol. The standard InChI is InChI=1S/C7H10O4S/c8-7(9)5-6-1-3-12(10,11)4-2-6/h5H,1-4H2,(H,8,9). The second-order valence-corrected chi connectivity index (χ2v) is 5.10. The highest BCUT2D eigenvalue weighted by molar-refractivity contribution is 7.91. The maximum absolute atomic E-state index is 10.9. The van der Waals surface area contributed by atoms with E-state index in [1.165, 1.54) is 0 Å². The van der Waals surface area contributed by atoms with E-state index in [-0.39, 0.29) is 11.5 Å². The Morgan fingerprint density at radius 3 is 2.25 bits per heavy atom. The van der Waals surface area contributed by atoms with E-state index >= 15 is 0 Å². The number of carboxylic acids is 1. The molecule has 0 aromatic carbocycles. The maximum atomic E-state index is 10.9. The molecule has 0 unspecified atom stereocenters. The van der Waals surface area contributed by atoms with E-state index in [1.807, 2.05) is 0 Å². The van der Waals surface area contributed by atoms with Crippen LogP contribution < -0.4 is 0 Å². The number of allylic oxidation sites excluding steroid dienone is 1. The largest absolute Gasteiger partial charge is 0.478 e. The Balaban J connectivity index is 2.64. The lowest BCUT2D eigenvalue weighted by Gasteiger charge is -2.13. The zero-order chi connectivity index (χ0) is 9.19. The molecule has 68 valence electrons. The van der Waals surface area contributed by atoms with Gasteiger partial charge in [-0.25, -0.2) is 13.2 Å². The van der Waals surface area contributed by atoms with Gasteiger partial charge >= 0.3 is 5.97 Å². The topological polar surface area (TPSA) is 71.4 Å². The van der Waals surface area contributed by atoms with Crippen LogP contribution in [-0.4, -0.2) is 31.0 Å². The molecule has 0 aliphatic carbocycles. The summed E-state index contributed by atoms with van der Waals surface area (Å²) in [5, 5.41) is 8.37. The molecule has 0 aromatic rings. The van der Waals surface area contributed by atoms with Crippen molar-refractivity contribution in [1.29, 1.82) is 0 Å². The summed E-state index contributed by atoms with van der Waals surface area (Å²) in [7, 11) is -2.89. The van der Waals surface area contributed by atoms with E-state index in [0.717, 1.165) is 11.6 Å². The van der Waals surface area contributed by atoms with Crippen molar-refractivity contribution in [3.8, 4) is 0 Å². The summed E-state index contributed by atoms with van der Waals surface area (Å²) in [6.07, 6.45) is 1.85. The van der Waals surface area contributed by atoms with Gasteiger partial charge < -0.3 is 5.11 Å². The van der Waals surface area contributed by atoms with Crippen LogP contribution in [0.5, 0.6) is 0 Å². The zero-order valence-corrected chi connectivity index (χ0v) is 7.30. The van der Waals surface area contributed by atoms with Gasteiger partial charge in [0.1, 0.15) is 0 Å². The van der Waals surface area contributed by atoms with Gasteiger partial charge in [-0.2, -0.15) is 0 Å². The number of carbonyl (C=O) groups is 1. The highest BCUT2D eigenvalue weighted by Gasteiger charge is 2.18. The lowest BCUT2D eigenvalue weighted by atomic mass is 10.1. The average Bonchev–Trinajstić information content (AvgIpc) is 1.93. The predicted octanol–water partition coefficient (Wildman–Crippen LogP) is 0.206. The van der Waals surface area contributed by atoms with E-state index in [2.05, 4.69) is 0 Å². The van der Waals surface area contributed by atoms with E-state index in [4.69, 9.17) is 5.11 Å². The molecule has 1 aliphatic rings. The molecule has 0 atom stereocenters. The van der Waals surface area contributed by atoms with Crippen molar-refractivity contribution >= 4 is 15.8 Å². The first-order valence-electron chi connectivity index (χ1n) is 3.62. The molecule has 1 saturated heterocycles. The highest BCUT2D eigenvalue weighted by Crippen LogP contribution is 2.17. The Labute approximate surface area is 70.8 Å². The fraction of sp³-hybridized carbons (Fsp3) is 0.571. The molecule has 5 heteroatoms. The number of hydrogen-bond donors (Lipinski definition) is 1. The van der Waals surface area contributed by atoms with Crippen molar-refractivity contribution in [1.82, 2.24) is 0 Å². The highest BCUT2D eigenvalue weighted by atomic mass is 32.2. The summed E-state index contributed by atoms with van der Waals surface area (Å²) in [5.41, 5.74) is 0.720. The van der Waals surface area contributed by atoms with E-state index in [0.29, 0.717) is 12.8 Å². The smallest absolute Gasteiger partial charge is 0.328 e. The maximum Gasteiger partial charge on any atom is 0.328 e. The van der Waals surface area contributed by atoms with Crippen molar-refractivity contribution in [2.24, 2.45) is 0 Å². The van der Waals surface area contributed by atoms with Crippen molar-refractivity contribution in [3.05, 3.63) is 11.6 Å². The summed E-state index contributed by atoms with van der Waals surface area (Å²) >= 11 is 0. The quantitative estimate of drug-likeness (QED) is 0.600. The van der Waals surface area contributed by atoms with Crippen molar-refractivity contribution in [2.45, 2.75) is 12.8 Å². The SMILES string of the molecule is O=C(O)C=C1CCS(=O)(=O)CC1. The summed E-state index contributed by atoms with van der Waals surface area (Å²) in [4.78, 5) is 10.2. The van der Waals surface area contributed by atoms with Gasteiger partial charge in [0.15, 0.2) is 9.84 Å². The molecule has 0 spiro atoms. The second kappa shape index (κ2) is 3.26. The van der Waals surface area contributed by atoms with Gasteiger partial charge in [-0.15, -0.1) is 0 Å². The van der Waals surface area contributed by atoms with Crippen LogP contribution in [0.15, 0.2) is 11.6 Å². The fourth-order valence-electron chi connectivity index (χ4n) is 1.12. The average molecular weight is 190 g/mol. The van der Waals surface area contributed by atoms with Crippen LogP contribution in [0.25, 0.3) is 0 Å². The zero-order valence-electron chi connectivity index (χ0n) is 6.49. The third-order valence-electron chi connectivity index (χ3n) is 1.80. The van der Waals surface area contributed by atoms with Crippen molar-refractivity contribution < 1.29 is 18.3 Å². The van der Waals surface area contributed by atoms with Crippen LogP contribution in [-0.2, 0) is 14.6 Å². The minimum Gasteiger partial charge on any atom is -0.478 e. The number of aliphatic carboxylic acids is 1. The summed E-state index contributed by atoms with van der Waals surface area (Å²) in [5.74, 6) is -0.817. The van der Waals surface area contributed by atoms with E-state index in [9.17, 15) is 13.2 Å². The Morgan fingerprint density at radius 1 is 1.33 bits per heavy atom. The predicted molar refractivity (Wildman–Crippen MR) is 43.6 cm³/mol. The molecule has 12 heavy (non-hydrogen) atoms. The summed E-state index contributed by atoms with van der Waals surface area (Å²) in [6, 6.07) is 0. The molecule has 0 radical (unpaired) electrons. The minimum atomic E-state index is -2.89. The van der Waals surface area contributed by atoms with Crippen LogP contribution in [0.2, 0.25) is 0 Å². The molecule has 1 aliphatic heterocycles. The molecule has 0 saturated carbocycles. The lowest BCUT2D eigenvalue weighted by molar-refractivity contribution is -0.131. The van der Waals surface area contributed by atoms with Crippen LogP contribution in [0.1, 0.15) is 12.8 Å². The lowest BCUT2D eigenvalue weighted by Crippen LogP contribution is -2.18. The van der Waals surface area contributed by atoms with Gasteiger partial charge in [-0.1, -0.05) is 5.57 Å². The molecule has 0 bridgehead atoms. The van der Waals surface area contributed by atoms with E-state index in [1.54, 1.807) is 0 Å². The van der Waals surface area contributed by atoms with Gasteiger partial charge in [0.05, 0.1) is 11.5 Å². The molecule has 0 amide bonds. The Morgan fingerprint density at radius 2 is 1.83 bits per heavy atom. The molecule has 1 N–H and O–H groups in total. The monoisotopic (exact) mass is 190 g/mol. The van der Waals surface area contributed by atoms with Gasteiger partial charge in [-0.05, 0) is 12.8 Å². The van der Waals surface area contributed by atoms with Crippen molar-refractivity contribution in [2.75, 3.05) is 11.5 Å². The third-order valence-corrected chi connectivity index (χ3v) is 3.45. The van der Waals surface area contributed by atoms with Gasteiger partial charge in [-0.3, -0.25) is 0 Å². The molecule has 0 aromatic heterocycles. The van der Waals surface area contributed by atoms with Crippen LogP contribution >= 0.6 is 0 Å². The number of sulfone groups is 1. The van der Waals surface area contributed by atoms with Crippen LogP contribution in [0.3, 0.4) is 0 Å². The third kappa shape index (κ3) is 2.65. The van der Waals surface area contributed by atoms with Crippen molar-refractivity contribution in [3.63, 3.8) is 0 Å². The van der Waals surface area contributed by atoms with E-state index < -0.39 is 15.8 Å². The van der Waals surface area contributed by atoms with Crippen LogP contribution in [0, 0.1) is 0 Å². The number of rotatable bonds is 1. The van der Waals surface area contributed by atoms with Gasteiger partial charge in [0.2, 0.25) is 0 Å². The first kappa shape index (κ1) is 9.25. The summed E-state index contributed by atoms with van der Waals surface area (Å²) < 4.78 is 21.8. The summed E-state index contributed by atoms with van der Waals surface area (Å²) in [6.45, 7) is 0. The molecule has 1 heterocycles. The van der Waals surface area contributed by atoms with Gasteiger partial charge in [0.25, 0.3) is 0 Å². The molecule has 4 nitrogen and oxygen atoms in total. The minimum absolute atomic E-state index is 0.0894. The molecule has 1 rings (SSSR count). The number of carboxylic acid groups (broad SMARTS) is 1. The number of hydrogen-bond acceptors (Lipinski definition) is 3. The Hall–Kier alpha value is -0.840. The first-order valence-corrected chi connectivity index (χ1v) is 5.44. The Kier molecular flexibility index (Phi) is 2.52. The molecule has 1 fully saturated rings. The fourth-order valence-corrected chi connectivity index (χ4v) is 2.47. The Bertz CT molecular complexity index is 296. The first-order chi connectivity index (χ1) is 5.49. The second-order valence-electron chi connectivity index (χ2n) is 2.79. The van der Waals surface area contributed by atoms with Gasteiger partial charge in [0, 0.05) is 6.08 Å². The van der Waals surface area contributed by atoms with Crippen LogP contribution in [0.4, 0.5) is 0 Å².